The summed E-state index contributed by atoms with van der Waals surface area (Å²) in [7, 11) is -3.68. The van der Waals surface area contributed by atoms with Gasteiger partial charge in [-0.1, -0.05) is 12.1 Å². The van der Waals surface area contributed by atoms with Gasteiger partial charge in [-0.2, -0.15) is 0 Å². The predicted molar refractivity (Wildman–Crippen MR) is 80.9 cm³/mol. The first-order chi connectivity index (χ1) is 10.4. The summed E-state index contributed by atoms with van der Waals surface area (Å²) in [5.74, 6) is -1.41. The van der Waals surface area contributed by atoms with Gasteiger partial charge in [0, 0.05) is 29.2 Å². The Labute approximate surface area is 128 Å². The topological polar surface area (TPSA) is 96.4 Å². The minimum absolute atomic E-state index is 0.120. The zero-order valence-electron chi connectivity index (χ0n) is 12.0. The molecule has 1 aliphatic carbocycles. The molecule has 0 radical (unpaired) electrons. The zero-order chi connectivity index (χ0) is 15.9. The molecule has 1 aliphatic rings. The highest BCUT2D eigenvalue weighted by atomic mass is 32.2. The Kier molecular flexibility index (Phi) is 3.62. The monoisotopic (exact) mass is 320 g/mol. The molecule has 0 amide bonds. The number of rotatable bonds is 5. The quantitative estimate of drug-likeness (QED) is 0.871. The fraction of sp³-hybridized carbons (Fsp3) is 0.333. The van der Waals surface area contributed by atoms with Crippen LogP contribution < -0.4 is 4.72 Å². The molecule has 22 heavy (non-hydrogen) atoms. The van der Waals surface area contributed by atoms with E-state index in [0.29, 0.717) is 11.8 Å². The standard InChI is InChI=1S/C15H16N2O4S/c1-9-11-3-2-4-14(12(11)5-6-16-9)22(20,21)17-8-10-7-13(10)15(18)19/h2-6,10,13,17H,7-8H2,1H3,(H,18,19)/t10-,13+/m0/s1. The average Bonchev–Trinajstić information content (AvgIpc) is 3.25. The van der Waals surface area contributed by atoms with E-state index in [4.69, 9.17) is 5.11 Å². The van der Waals surface area contributed by atoms with Crippen molar-refractivity contribution in [3.8, 4) is 0 Å². The van der Waals surface area contributed by atoms with Crippen molar-refractivity contribution in [2.75, 3.05) is 6.54 Å². The molecule has 0 aliphatic heterocycles. The first-order valence-corrected chi connectivity index (χ1v) is 8.45. The Hall–Kier alpha value is -1.99. The number of hydrogen-bond acceptors (Lipinski definition) is 4. The van der Waals surface area contributed by atoms with Gasteiger partial charge >= 0.3 is 5.97 Å². The molecule has 2 N–H and O–H groups in total. The number of nitrogens with zero attached hydrogens (tertiary/aromatic N) is 1. The Morgan fingerprint density at radius 3 is 2.82 bits per heavy atom. The molecular weight excluding hydrogens is 304 g/mol. The van der Waals surface area contributed by atoms with Crippen LogP contribution in [0, 0.1) is 18.8 Å². The number of carbonyl (C=O) groups is 1. The third kappa shape index (κ3) is 2.69. The van der Waals surface area contributed by atoms with Crippen LogP contribution in [-0.2, 0) is 14.8 Å². The Morgan fingerprint density at radius 2 is 2.14 bits per heavy atom. The lowest BCUT2D eigenvalue weighted by Crippen LogP contribution is -2.27. The highest BCUT2D eigenvalue weighted by Gasteiger charge is 2.43. The summed E-state index contributed by atoms with van der Waals surface area (Å²) >= 11 is 0. The summed E-state index contributed by atoms with van der Waals surface area (Å²) in [6.45, 7) is 1.98. The van der Waals surface area contributed by atoms with E-state index in [1.807, 2.05) is 13.0 Å². The van der Waals surface area contributed by atoms with E-state index >= 15 is 0 Å². The molecule has 1 fully saturated rings. The lowest BCUT2D eigenvalue weighted by Gasteiger charge is -2.10. The minimum atomic E-state index is -3.68. The lowest BCUT2D eigenvalue weighted by atomic mass is 10.1. The fourth-order valence-corrected chi connectivity index (χ4v) is 3.94. The van der Waals surface area contributed by atoms with E-state index in [9.17, 15) is 13.2 Å². The van der Waals surface area contributed by atoms with Crippen LogP contribution in [0.3, 0.4) is 0 Å². The van der Waals surface area contributed by atoms with Crippen LogP contribution >= 0.6 is 0 Å². The second kappa shape index (κ2) is 5.33. The number of aromatic nitrogens is 1. The number of sulfonamides is 1. The number of fused-ring (bicyclic) bond motifs is 1. The van der Waals surface area contributed by atoms with E-state index in [1.54, 1.807) is 24.4 Å². The third-order valence-electron chi connectivity index (χ3n) is 4.03. The van der Waals surface area contributed by atoms with Crippen LogP contribution in [0.1, 0.15) is 12.1 Å². The van der Waals surface area contributed by atoms with Crippen molar-refractivity contribution in [3.63, 3.8) is 0 Å². The normalized spacial score (nSPS) is 21.0. The number of benzene rings is 1. The van der Waals surface area contributed by atoms with Gasteiger partial charge in [-0.25, -0.2) is 13.1 Å². The molecule has 0 saturated heterocycles. The van der Waals surface area contributed by atoms with E-state index in [2.05, 4.69) is 9.71 Å². The molecule has 6 nitrogen and oxygen atoms in total. The van der Waals surface area contributed by atoms with Gasteiger partial charge in [-0.05, 0) is 31.4 Å². The maximum atomic E-state index is 12.5. The van der Waals surface area contributed by atoms with Crippen molar-refractivity contribution >= 4 is 26.8 Å². The second-order valence-electron chi connectivity index (χ2n) is 5.54. The zero-order valence-corrected chi connectivity index (χ0v) is 12.8. The van der Waals surface area contributed by atoms with Gasteiger partial charge in [-0.15, -0.1) is 0 Å². The molecule has 116 valence electrons. The molecule has 7 heteroatoms. The van der Waals surface area contributed by atoms with Crippen LogP contribution in [0.25, 0.3) is 10.8 Å². The summed E-state index contributed by atoms with van der Waals surface area (Å²) in [5, 5.41) is 10.3. The Morgan fingerprint density at radius 1 is 1.36 bits per heavy atom. The second-order valence-corrected chi connectivity index (χ2v) is 7.28. The number of carboxylic acid groups (broad SMARTS) is 1. The number of carboxylic acids is 1. The largest absolute Gasteiger partial charge is 0.481 e. The van der Waals surface area contributed by atoms with Gasteiger partial charge in [-0.3, -0.25) is 9.78 Å². The molecule has 0 spiro atoms. The smallest absolute Gasteiger partial charge is 0.306 e. The molecule has 1 saturated carbocycles. The van der Waals surface area contributed by atoms with Gasteiger partial charge in [0.2, 0.25) is 10.0 Å². The number of aryl methyl sites for hydroxylation is 1. The van der Waals surface area contributed by atoms with Gasteiger partial charge in [0.15, 0.2) is 0 Å². The summed E-state index contributed by atoms with van der Waals surface area (Å²) in [6.07, 6.45) is 2.11. The number of aliphatic carboxylic acids is 1. The first-order valence-electron chi connectivity index (χ1n) is 6.97. The van der Waals surface area contributed by atoms with Gasteiger partial charge in [0.1, 0.15) is 0 Å². The van der Waals surface area contributed by atoms with Crippen molar-refractivity contribution in [2.24, 2.45) is 11.8 Å². The maximum absolute atomic E-state index is 12.5. The molecule has 2 atom stereocenters. The van der Waals surface area contributed by atoms with Crippen LogP contribution in [0.4, 0.5) is 0 Å². The van der Waals surface area contributed by atoms with Crippen molar-refractivity contribution in [3.05, 3.63) is 36.2 Å². The molecule has 0 unspecified atom stereocenters. The Bertz CT molecular complexity index is 848. The Balaban J connectivity index is 1.87. The summed E-state index contributed by atoms with van der Waals surface area (Å²) in [6, 6.07) is 6.74. The molecular formula is C15H16N2O4S. The number of hydrogen-bond donors (Lipinski definition) is 2. The molecule has 0 bridgehead atoms. The summed E-state index contributed by atoms with van der Waals surface area (Å²) in [5.41, 5.74) is 0.766. The molecule has 1 aromatic heterocycles. The van der Waals surface area contributed by atoms with Gasteiger partial charge in [0.25, 0.3) is 0 Å². The SMILES string of the molecule is Cc1nccc2c(S(=O)(=O)NC[C@@H]3C[C@H]3C(=O)O)cccc12. The average molecular weight is 320 g/mol. The molecule has 1 aromatic carbocycles. The number of nitrogens with one attached hydrogen (secondary N) is 1. The predicted octanol–water partition coefficient (Wildman–Crippen LogP) is 1.54. The van der Waals surface area contributed by atoms with Gasteiger partial charge in [0.05, 0.1) is 10.8 Å². The summed E-state index contributed by atoms with van der Waals surface area (Å²) < 4.78 is 27.5. The van der Waals surface area contributed by atoms with Crippen molar-refractivity contribution < 1.29 is 18.3 Å². The van der Waals surface area contributed by atoms with Crippen LogP contribution in [0.5, 0.6) is 0 Å². The van der Waals surface area contributed by atoms with E-state index < -0.39 is 21.9 Å². The van der Waals surface area contributed by atoms with Crippen LogP contribution in [0.15, 0.2) is 35.4 Å². The fourth-order valence-electron chi connectivity index (χ4n) is 2.63. The lowest BCUT2D eigenvalue weighted by molar-refractivity contribution is -0.138. The van der Waals surface area contributed by atoms with Crippen LogP contribution in [-0.4, -0.2) is 31.0 Å². The highest BCUT2D eigenvalue weighted by Crippen LogP contribution is 2.38. The number of pyridine rings is 1. The van der Waals surface area contributed by atoms with Gasteiger partial charge < -0.3 is 5.11 Å². The van der Waals surface area contributed by atoms with Crippen molar-refractivity contribution in [1.29, 1.82) is 0 Å². The maximum Gasteiger partial charge on any atom is 0.306 e. The highest BCUT2D eigenvalue weighted by molar-refractivity contribution is 7.89. The first kappa shape index (κ1) is 14.9. The van der Waals surface area contributed by atoms with E-state index in [-0.39, 0.29) is 17.4 Å². The molecule has 1 heterocycles. The third-order valence-corrected chi connectivity index (χ3v) is 5.51. The minimum Gasteiger partial charge on any atom is -0.481 e. The summed E-state index contributed by atoms with van der Waals surface area (Å²) in [4.78, 5) is 15.2. The van der Waals surface area contributed by atoms with Crippen LogP contribution in [0.2, 0.25) is 0 Å². The van der Waals surface area contributed by atoms with E-state index in [1.165, 1.54) is 0 Å². The van der Waals surface area contributed by atoms with E-state index in [0.717, 1.165) is 11.1 Å². The molecule has 2 aromatic rings. The molecule has 3 rings (SSSR count). The van der Waals surface area contributed by atoms with Crippen molar-refractivity contribution in [2.45, 2.75) is 18.2 Å². The van der Waals surface area contributed by atoms with Crippen molar-refractivity contribution in [1.82, 2.24) is 9.71 Å².